The molecule has 2 aromatic rings. The third kappa shape index (κ3) is 3.02. The van der Waals surface area contributed by atoms with E-state index in [1.807, 2.05) is 19.2 Å². The number of nitrogens with one attached hydrogen (secondary N) is 1. The second-order valence-corrected chi connectivity index (χ2v) is 4.77. The number of benzene rings is 2. The van der Waals surface area contributed by atoms with Crippen LogP contribution in [0.25, 0.3) is 0 Å². The number of halogens is 1. The van der Waals surface area contributed by atoms with E-state index in [1.54, 1.807) is 25.1 Å². The minimum absolute atomic E-state index is 0.0811. The molecular formula is C17H17FN2O2. The van der Waals surface area contributed by atoms with Gasteiger partial charge in [0.25, 0.3) is 0 Å². The van der Waals surface area contributed by atoms with Crippen LogP contribution in [0.3, 0.4) is 0 Å². The molecule has 114 valence electrons. The van der Waals surface area contributed by atoms with E-state index in [0.29, 0.717) is 23.6 Å². The fourth-order valence-electron chi connectivity index (χ4n) is 2.16. The zero-order valence-corrected chi connectivity index (χ0v) is 12.7. The Morgan fingerprint density at radius 2 is 2.00 bits per heavy atom. The lowest BCUT2D eigenvalue weighted by molar-refractivity contribution is 0.365. The topological polar surface area (TPSA) is 54.3 Å². The van der Waals surface area contributed by atoms with Gasteiger partial charge in [0.2, 0.25) is 0 Å². The van der Waals surface area contributed by atoms with E-state index < -0.39 is 5.82 Å². The highest BCUT2D eigenvalue weighted by molar-refractivity contribution is 5.53. The predicted molar refractivity (Wildman–Crippen MR) is 81.7 cm³/mol. The van der Waals surface area contributed by atoms with Gasteiger partial charge >= 0.3 is 0 Å². The van der Waals surface area contributed by atoms with E-state index in [-0.39, 0.29) is 11.3 Å². The van der Waals surface area contributed by atoms with E-state index in [0.717, 1.165) is 5.56 Å². The van der Waals surface area contributed by atoms with Crippen molar-refractivity contribution in [2.24, 2.45) is 0 Å². The lowest BCUT2D eigenvalue weighted by Gasteiger charge is -2.15. The monoisotopic (exact) mass is 300 g/mol. The van der Waals surface area contributed by atoms with Crippen LogP contribution < -0.4 is 14.8 Å². The second-order valence-electron chi connectivity index (χ2n) is 4.77. The van der Waals surface area contributed by atoms with Crippen LogP contribution in [0.4, 0.5) is 4.39 Å². The molecule has 0 aromatic heterocycles. The molecule has 2 rings (SSSR count). The van der Waals surface area contributed by atoms with Crippen molar-refractivity contribution in [2.75, 3.05) is 14.2 Å². The molecule has 0 saturated heterocycles. The molecule has 0 aliphatic carbocycles. The van der Waals surface area contributed by atoms with Crippen LogP contribution in [0.1, 0.15) is 16.7 Å². The van der Waals surface area contributed by atoms with E-state index >= 15 is 0 Å². The number of ether oxygens (including phenoxy) is 2. The average Bonchev–Trinajstić information content (AvgIpc) is 2.52. The van der Waals surface area contributed by atoms with E-state index in [4.69, 9.17) is 14.7 Å². The molecule has 0 spiro atoms. The van der Waals surface area contributed by atoms with Crippen molar-refractivity contribution in [1.82, 2.24) is 5.32 Å². The maximum atomic E-state index is 14.3. The molecule has 0 atom stereocenters. The van der Waals surface area contributed by atoms with Gasteiger partial charge in [0.05, 0.1) is 12.7 Å². The lowest BCUT2D eigenvalue weighted by atomic mass is 10.1. The molecule has 1 N–H and O–H groups in total. The van der Waals surface area contributed by atoms with E-state index in [9.17, 15) is 4.39 Å². The maximum Gasteiger partial charge on any atom is 0.181 e. The molecule has 4 nitrogen and oxygen atoms in total. The Balaban J connectivity index is 2.50. The first-order valence-electron chi connectivity index (χ1n) is 6.80. The number of aryl methyl sites for hydroxylation is 1. The minimum Gasteiger partial charge on any atom is -0.492 e. The maximum absolute atomic E-state index is 14.3. The van der Waals surface area contributed by atoms with Crippen molar-refractivity contribution < 1.29 is 13.9 Å². The van der Waals surface area contributed by atoms with Crippen LogP contribution >= 0.6 is 0 Å². The third-order valence-corrected chi connectivity index (χ3v) is 3.25. The van der Waals surface area contributed by atoms with Gasteiger partial charge in [0.1, 0.15) is 6.07 Å². The van der Waals surface area contributed by atoms with Crippen LogP contribution in [0.2, 0.25) is 0 Å². The molecule has 0 aliphatic heterocycles. The normalized spacial score (nSPS) is 10.1. The molecule has 5 heteroatoms. The van der Waals surface area contributed by atoms with Gasteiger partial charge in [-0.3, -0.25) is 0 Å². The van der Waals surface area contributed by atoms with Crippen LogP contribution in [-0.4, -0.2) is 14.2 Å². The molecule has 2 aromatic carbocycles. The second kappa shape index (κ2) is 6.92. The lowest BCUT2D eigenvalue weighted by Crippen LogP contribution is -2.07. The molecule has 0 saturated carbocycles. The zero-order valence-electron chi connectivity index (χ0n) is 12.7. The van der Waals surface area contributed by atoms with Crippen molar-refractivity contribution in [3.05, 3.63) is 52.8 Å². The van der Waals surface area contributed by atoms with Gasteiger partial charge in [-0.05, 0) is 31.7 Å². The number of para-hydroxylation sites is 1. The summed E-state index contributed by atoms with van der Waals surface area (Å²) in [7, 11) is 3.35. The molecule has 0 fully saturated rings. The van der Waals surface area contributed by atoms with Crippen molar-refractivity contribution in [3.63, 3.8) is 0 Å². The Morgan fingerprint density at radius 3 is 2.64 bits per heavy atom. The number of nitrogens with zero attached hydrogens (tertiary/aromatic N) is 1. The van der Waals surface area contributed by atoms with E-state index in [2.05, 4.69) is 5.32 Å². The summed E-state index contributed by atoms with van der Waals surface area (Å²) in [5.74, 6) is 0.264. The summed E-state index contributed by atoms with van der Waals surface area (Å²) in [5.41, 5.74) is 1.44. The van der Waals surface area contributed by atoms with Gasteiger partial charge in [-0.15, -0.1) is 0 Å². The van der Waals surface area contributed by atoms with Gasteiger partial charge in [0, 0.05) is 12.1 Å². The number of hydrogen-bond donors (Lipinski definition) is 1. The van der Waals surface area contributed by atoms with Crippen molar-refractivity contribution in [3.8, 4) is 23.3 Å². The van der Waals surface area contributed by atoms with Gasteiger partial charge in [-0.1, -0.05) is 18.2 Å². The van der Waals surface area contributed by atoms with E-state index in [1.165, 1.54) is 13.2 Å². The predicted octanol–water partition coefficient (Wildman–Crippen LogP) is 3.53. The van der Waals surface area contributed by atoms with Gasteiger partial charge in [0.15, 0.2) is 23.1 Å². The Labute approximate surface area is 129 Å². The summed E-state index contributed by atoms with van der Waals surface area (Å²) >= 11 is 0. The minimum atomic E-state index is -0.542. The molecule has 0 radical (unpaired) electrons. The molecule has 0 bridgehead atoms. The fraction of sp³-hybridized carbons (Fsp3) is 0.235. The molecule has 0 heterocycles. The average molecular weight is 300 g/mol. The first-order valence-corrected chi connectivity index (χ1v) is 6.80. The summed E-state index contributed by atoms with van der Waals surface area (Å²) in [6.07, 6.45) is 0. The number of rotatable bonds is 5. The van der Waals surface area contributed by atoms with Gasteiger partial charge < -0.3 is 14.8 Å². The number of nitriles is 1. The quantitative estimate of drug-likeness (QED) is 0.918. The van der Waals surface area contributed by atoms with Crippen LogP contribution in [0.5, 0.6) is 17.2 Å². The zero-order chi connectivity index (χ0) is 16.1. The summed E-state index contributed by atoms with van der Waals surface area (Å²) in [6.45, 7) is 2.21. The third-order valence-electron chi connectivity index (χ3n) is 3.25. The van der Waals surface area contributed by atoms with Crippen molar-refractivity contribution in [2.45, 2.75) is 13.5 Å². The standard InChI is InChI=1S/C17H17FN2O2/c1-11-7-8-12(9-19)17(15(11)18)22-14-6-4-5-13(10-20-2)16(14)21-3/h4-8,20H,10H2,1-3H3. The Morgan fingerprint density at radius 1 is 1.23 bits per heavy atom. The fourth-order valence-corrected chi connectivity index (χ4v) is 2.16. The first kappa shape index (κ1) is 15.8. The van der Waals surface area contributed by atoms with Gasteiger partial charge in [-0.25, -0.2) is 4.39 Å². The highest BCUT2D eigenvalue weighted by Crippen LogP contribution is 2.37. The van der Waals surface area contributed by atoms with Crippen LogP contribution in [0, 0.1) is 24.1 Å². The highest BCUT2D eigenvalue weighted by atomic mass is 19.1. The SMILES string of the molecule is CNCc1cccc(Oc2c(C#N)ccc(C)c2F)c1OC. The smallest absolute Gasteiger partial charge is 0.181 e. The van der Waals surface area contributed by atoms with Crippen LogP contribution in [0.15, 0.2) is 30.3 Å². The summed E-state index contributed by atoms with van der Waals surface area (Å²) in [6, 6.07) is 10.4. The summed E-state index contributed by atoms with van der Waals surface area (Å²) < 4.78 is 25.3. The highest BCUT2D eigenvalue weighted by Gasteiger charge is 2.17. The summed E-state index contributed by atoms with van der Waals surface area (Å²) in [4.78, 5) is 0. The largest absolute Gasteiger partial charge is 0.492 e. The molecule has 0 amide bonds. The van der Waals surface area contributed by atoms with Crippen molar-refractivity contribution >= 4 is 0 Å². The first-order chi connectivity index (χ1) is 10.6. The Kier molecular flexibility index (Phi) is 4.97. The van der Waals surface area contributed by atoms with Gasteiger partial charge in [-0.2, -0.15) is 5.26 Å². The Bertz CT molecular complexity index is 723. The molecular weight excluding hydrogens is 283 g/mol. The summed E-state index contributed by atoms with van der Waals surface area (Å²) in [5, 5.41) is 12.2. The molecule has 0 aliphatic rings. The molecule has 0 unspecified atom stereocenters. The molecule has 22 heavy (non-hydrogen) atoms. The van der Waals surface area contributed by atoms with Crippen molar-refractivity contribution in [1.29, 1.82) is 5.26 Å². The number of hydrogen-bond acceptors (Lipinski definition) is 4. The number of methoxy groups -OCH3 is 1. The van der Waals surface area contributed by atoms with Crippen LogP contribution in [-0.2, 0) is 6.54 Å². The Hall–Kier alpha value is -2.58.